The van der Waals surface area contributed by atoms with Gasteiger partial charge in [0.2, 0.25) is 0 Å². The Morgan fingerprint density at radius 2 is 2.00 bits per heavy atom. The van der Waals surface area contributed by atoms with Gasteiger partial charge in [0.1, 0.15) is 6.61 Å². The highest BCUT2D eigenvalue weighted by atomic mass is 32.2. The Balaban J connectivity index is 2.70. The van der Waals surface area contributed by atoms with E-state index in [2.05, 4.69) is 0 Å². The molecule has 6 heteroatoms. The molecule has 0 saturated carbocycles. The van der Waals surface area contributed by atoms with Crippen LogP contribution >= 0.6 is 0 Å². The number of rotatable bonds is 8. The summed E-state index contributed by atoms with van der Waals surface area (Å²) in [4.78, 5) is 0. The fraction of sp³-hybridized carbons (Fsp3) is 0.571. The molecule has 0 radical (unpaired) electrons. The fourth-order valence-corrected chi connectivity index (χ4v) is 2.38. The van der Waals surface area contributed by atoms with Crippen LogP contribution in [0, 0.1) is 0 Å². The van der Waals surface area contributed by atoms with Crippen molar-refractivity contribution in [2.24, 2.45) is 5.73 Å². The summed E-state index contributed by atoms with van der Waals surface area (Å²) in [6.45, 7) is 3.68. The van der Waals surface area contributed by atoms with Crippen LogP contribution in [-0.2, 0) is 16.3 Å². The zero-order chi connectivity index (χ0) is 15.2. The van der Waals surface area contributed by atoms with Crippen molar-refractivity contribution in [2.75, 3.05) is 25.2 Å². The first-order valence-corrected chi connectivity index (χ1v) is 8.45. The lowest BCUT2D eigenvalue weighted by Gasteiger charge is -2.13. The predicted octanol–water partition coefficient (Wildman–Crippen LogP) is 1.40. The quantitative estimate of drug-likeness (QED) is 0.785. The van der Waals surface area contributed by atoms with Gasteiger partial charge in [-0.05, 0) is 31.0 Å². The summed E-state index contributed by atoms with van der Waals surface area (Å²) in [5.74, 6) is 1.28. The molecule has 0 amide bonds. The number of sulfone groups is 1. The molecule has 0 saturated heterocycles. The molecule has 20 heavy (non-hydrogen) atoms. The van der Waals surface area contributed by atoms with Gasteiger partial charge >= 0.3 is 0 Å². The first kappa shape index (κ1) is 16.8. The van der Waals surface area contributed by atoms with Crippen molar-refractivity contribution in [2.45, 2.75) is 26.3 Å². The van der Waals surface area contributed by atoms with E-state index >= 15 is 0 Å². The minimum Gasteiger partial charge on any atom is -0.493 e. The third-order valence-electron chi connectivity index (χ3n) is 2.88. The largest absolute Gasteiger partial charge is 0.493 e. The van der Waals surface area contributed by atoms with E-state index in [0.717, 1.165) is 12.0 Å². The van der Waals surface area contributed by atoms with Crippen molar-refractivity contribution < 1.29 is 17.9 Å². The average molecular weight is 301 g/mol. The van der Waals surface area contributed by atoms with Crippen LogP contribution in [0.5, 0.6) is 11.5 Å². The van der Waals surface area contributed by atoms with Crippen molar-refractivity contribution in [3.63, 3.8) is 0 Å². The Hall–Kier alpha value is -1.27. The first-order chi connectivity index (χ1) is 9.38. The maximum Gasteiger partial charge on any atom is 0.161 e. The number of hydrogen-bond acceptors (Lipinski definition) is 5. The molecule has 1 aromatic rings. The normalized spacial score (nSPS) is 13.0. The lowest BCUT2D eigenvalue weighted by atomic mass is 10.1. The van der Waals surface area contributed by atoms with Gasteiger partial charge < -0.3 is 15.2 Å². The van der Waals surface area contributed by atoms with Crippen LogP contribution in [0.4, 0.5) is 0 Å². The molecule has 0 spiro atoms. The summed E-state index contributed by atoms with van der Waals surface area (Å²) in [5.41, 5.74) is 6.82. The molecular weight excluding hydrogens is 278 g/mol. The van der Waals surface area contributed by atoms with Gasteiger partial charge in [0.05, 0.1) is 12.9 Å². The summed E-state index contributed by atoms with van der Waals surface area (Å²) in [6, 6.07) is 5.64. The Morgan fingerprint density at radius 3 is 2.55 bits per heavy atom. The second-order valence-corrected chi connectivity index (χ2v) is 7.22. The van der Waals surface area contributed by atoms with E-state index in [-0.39, 0.29) is 24.2 Å². The van der Waals surface area contributed by atoms with Gasteiger partial charge in [-0.3, -0.25) is 0 Å². The van der Waals surface area contributed by atoms with E-state index in [4.69, 9.17) is 15.2 Å². The lowest BCUT2D eigenvalue weighted by molar-refractivity contribution is 0.311. The summed E-state index contributed by atoms with van der Waals surface area (Å²) >= 11 is 0. The smallest absolute Gasteiger partial charge is 0.161 e. The molecule has 0 heterocycles. The number of methoxy groups -OCH3 is 1. The maximum atomic E-state index is 11.4. The summed E-state index contributed by atoms with van der Waals surface area (Å²) < 4.78 is 33.5. The van der Waals surface area contributed by atoms with Crippen LogP contribution in [0.3, 0.4) is 0 Å². The van der Waals surface area contributed by atoms with E-state index in [0.29, 0.717) is 11.5 Å². The third-order valence-corrected chi connectivity index (χ3v) is 4.55. The van der Waals surface area contributed by atoms with Crippen molar-refractivity contribution in [3.8, 4) is 11.5 Å². The minimum atomic E-state index is -3.02. The van der Waals surface area contributed by atoms with E-state index in [1.54, 1.807) is 20.1 Å². The standard InChI is InChI=1S/C14H23NO4S/c1-4-20(16,17)8-7-19-13-6-5-12(9-11(2)15)10-14(13)18-3/h5-6,10-11H,4,7-9,15H2,1-3H3. The summed E-state index contributed by atoms with van der Waals surface area (Å²) in [5, 5.41) is 0. The number of hydrogen-bond donors (Lipinski definition) is 1. The van der Waals surface area contributed by atoms with Crippen molar-refractivity contribution >= 4 is 9.84 Å². The SMILES string of the molecule is CCS(=O)(=O)CCOc1ccc(CC(C)N)cc1OC. The molecule has 0 aliphatic carbocycles. The van der Waals surface area contributed by atoms with E-state index in [9.17, 15) is 8.42 Å². The molecule has 5 nitrogen and oxygen atoms in total. The van der Waals surface area contributed by atoms with Gasteiger partial charge in [0.15, 0.2) is 21.3 Å². The van der Waals surface area contributed by atoms with Crippen molar-refractivity contribution in [1.82, 2.24) is 0 Å². The zero-order valence-electron chi connectivity index (χ0n) is 12.3. The Morgan fingerprint density at radius 1 is 1.30 bits per heavy atom. The molecule has 0 aliphatic heterocycles. The minimum absolute atomic E-state index is 0.00817. The number of benzene rings is 1. The van der Waals surface area contributed by atoms with Crippen LogP contribution in [0.15, 0.2) is 18.2 Å². The highest BCUT2D eigenvalue weighted by Crippen LogP contribution is 2.28. The van der Waals surface area contributed by atoms with Crippen molar-refractivity contribution in [1.29, 1.82) is 0 Å². The molecule has 1 unspecified atom stereocenters. The predicted molar refractivity (Wildman–Crippen MR) is 80.2 cm³/mol. The van der Waals surface area contributed by atoms with Crippen LogP contribution in [-0.4, -0.2) is 39.7 Å². The summed E-state index contributed by atoms with van der Waals surface area (Å²) in [6.07, 6.45) is 0.751. The van der Waals surface area contributed by atoms with Crippen molar-refractivity contribution in [3.05, 3.63) is 23.8 Å². The molecule has 0 bridgehead atoms. The highest BCUT2D eigenvalue weighted by Gasteiger charge is 2.10. The van der Waals surface area contributed by atoms with Gasteiger partial charge in [-0.1, -0.05) is 13.0 Å². The van der Waals surface area contributed by atoms with E-state index in [1.807, 2.05) is 19.1 Å². The molecule has 0 fully saturated rings. The van der Waals surface area contributed by atoms with Gasteiger partial charge in [0.25, 0.3) is 0 Å². The maximum absolute atomic E-state index is 11.4. The lowest BCUT2D eigenvalue weighted by Crippen LogP contribution is -2.18. The number of ether oxygens (including phenoxy) is 2. The first-order valence-electron chi connectivity index (χ1n) is 6.63. The van der Waals surface area contributed by atoms with Crippen LogP contribution < -0.4 is 15.2 Å². The topological polar surface area (TPSA) is 78.6 Å². The van der Waals surface area contributed by atoms with Gasteiger partial charge in [0, 0.05) is 11.8 Å². The second-order valence-electron chi connectivity index (χ2n) is 4.75. The Kier molecular flexibility index (Phi) is 6.29. The average Bonchev–Trinajstić information content (AvgIpc) is 2.39. The van der Waals surface area contributed by atoms with Gasteiger partial charge in [-0.25, -0.2) is 8.42 Å². The summed E-state index contributed by atoms with van der Waals surface area (Å²) in [7, 11) is -1.46. The molecule has 114 valence electrons. The molecule has 2 N–H and O–H groups in total. The van der Waals surface area contributed by atoms with Gasteiger partial charge in [-0.15, -0.1) is 0 Å². The van der Waals surface area contributed by atoms with Crippen LogP contribution in [0.2, 0.25) is 0 Å². The molecule has 1 aromatic carbocycles. The van der Waals surface area contributed by atoms with Crippen LogP contribution in [0.1, 0.15) is 19.4 Å². The second kappa shape index (κ2) is 7.50. The number of nitrogens with two attached hydrogens (primary N) is 1. The van der Waals surface area contributed by atoms with E-state index in [1.165, 1.54) is 0 Å². The monoisotopic (exact) mass is 301 g/mol. The molecule has 0 aromatic heterocycles. The highest BCUT2D eigenvalue weighted by molar-refractivity contribution is 7.91. The fourth-order valence-electron chi connectivity index (χ4n) is 1.75. The van der Waals surface area contributed by atoms with E-state index < -0.39 is 9.84 Å². The third kappa shape index (κ3) is 5.38. The molecule has 0 aliphatic rings. The zero-order valence-corrected chi connectivity index (χ0v) is 13.1. The molecule has 1 rings (SSSR count). The Labute approximate surface area is 121 Å². The Bertz CT molecular complexity index is 526. The van der Waals surface area contributed by atoms with Gasteiger partial charge in [-0.2, -0.15) is 0 Å². The molecule has 1 atom stereocenters. The van der Waals surface area contributed by atoms with Crippen LogP contribution in [0.25, 0.3) is 0 Å². The molecular formula is C14H23NO4S.